The molecule has 1 rings (SSSR count). The molecule has 0 saturated heterocycles. The van der Waals surface area contributed by atoms with Crippen LogP contribution in [0.4, 0.5) is 0 Å². The Labute approximate surface area is 78.3 Å². The maximum Gasteiger partial charge on any atom is 0.149 e. The molecule has 0 aliphatic heterocycles. The molecule has 74 valence electrons. The molecule has 4 nitrogen and oxygen atoms in total. The SMILES string of the molecule is CS(=O)(=O)CCn1cccc1CN. The topological polar surface area (TPSA) is 65.1 Å². The highest BCUT2D eigenvalue weighted by Gasteiger charge is 2.04. The Kier molecular flexibility index (Phi) is 3.11. The molecular formula is C8H14N2O2S. The Balaban J connectivity index is 2.64. The Hall–Kier alpha value is -0.810. The molecule has 0 saturated carbocycles. The van der Waals surface area contributed by atoms with E-state index in [-0.39, 0.29) is 5.75 Å². The third kappa shape index (κ3) is 3.20. The number of hydrogen-bond donors (Lipinski definition) is 1. The molecule has 0 fully saturated rings. The summed E-state index contributed by atoms with van der Waals surface area (Å²) in [5, 5.41) is 0. The van der Waals surface area contributed by atoms with E-state index >= 15 is 0 Å². The van der Waals surface area contributed by atoms with Crippen LogP contribution in [0, 0.1) is 0 Å². The third-order valence-electron chi connectivity index (χ3n) is 1.84. The van der Waals surface area contributed by atoms with E-state index in [1.54, 1.807) is 0 Å². The molecule has 0 aliphatic carbocycles. The van der Waals surface area contributed by atoms with Crippen molar-refractivity contribution in [3.63, 3.8) is 0 Å². The number of hydrogen-bond acceptors (Lipinski definition) is 3. The van der Waals surface area contributed by atoms with E-state index in [0.717, 1.165) is 5.69 Å². The van der Waals surface area contributed by atoms with E-state index in [1.165, 1.54) is 6.26 Å². The van der Waals surface area contributed by atoms with Crippen molar-refractivity contribution in [3.05, 3.63) is 24.0 Å². The van der Waals surface area contributed by atoms with Gasteiger partial charge in [0.15, 0.2) is 0 Å². The summed E-state index contributed by atoms with van der Waals surface area (Å²) >= 11 is 0. The lowest BCUT2D eigenvalue weighted by Crippen LogP contribution is -2.13. The van der Waals surface area contributed by atoms with Crippen LogP contribution >= 0.6 is 0 Å². The lowest BCUT2D eigenvalue weighted by atomic mass is 10.4. The Morgan fingerprint density at radius 3 is 2.77 bits per heavy atom. The molecule has 0 spiro atoms. The van der Waals surface area contributed by atoms with Crippen LogP contribution in [0.5, 0.6) is 0 Å². The first-order valence-electron chi connectivity index (χ1n) is 4.05. The number of nitrogens with two attached hydrogens (primary N) is 1. The maximum absolute atomic E-state index is 10.9. The lowest BCUT2D eigenvalue weighted by Gasteiger charge is -2.05. The van der Waals surface area contributed by atoms with Crippen LogP contribution in [-0.4, -0.2) is 25.0 Å². The molecule has 1 aromatic rings. The van der Waals surface area contributed by atoms with Crippen molar-refractivity contribution in [1.82, 2.24) is 4.57 Å². The van der Waals surface area contributed by atoms with Gasteiger partial charge < -0.3 is 10.3 Å². The summed E-state index contributed by atoms with van der Waals surface area (Å²) in [5.41, 5.74) is 6.43. The molecule has 0 radical (unpaired) electrons. The number of sulfone groups is 1. The zero-order chi connectivity index (χ0) is 9.90. The highest BCUT2D eigenvalue weighted by molar-refractivity contribution is 7.90. The van der Waals surface area contributed by atoms with Gasteiger partial charge in [-0.1, -0.05) is 0 Å². The van der Waals surface area contributed by atoms with Gasteiger partial charge in [-0.2, -0.15) is 0 Å². The number of rotatable bonds is 4. The fraction of sp³-hybridized carbons (Fsp3) is 0.500. The second kappa shape index (κ2) is 3.93. The second-order valence-electron chi connectivity index (χ2n) is 3.03. The molecule has 1 heterocycles. The van der Waals surface area contributed by atoms with Crippen LogP contribution in [0.3, 0.4) is 0 Å². The van der Waals surface area contributed by atoms with Crippen molar-refractivity contribution in [3.8, 4) is 0 Å². The Morgan fingerprint density at radius 1 is 1.54 bits per heavy atom. The molecule has 2 N–H and O–H groups in total. The fourth-order valence-electron chi connectivity index (χ4n) is 1.12. The first kappa shape index (κ1) is 10.3. The zero-order valence-corrected chi connectivity index (χ0v) is 8.42. The monoisotopic (exact) mass is 202 g/mol. The van der Waals surface area contributed by atoms with Gasteiger partial charge in [-0.3, -0.25) is 0 Å². The van der Waals surface area contributed by atoms with Crippen molar-refractivity contribution < 1.29 is 8.42 Å². The third-order valence-corrected chi connectivity index (χ3v) is 2.76. The molecule has 0 aromatic carbocycles. The summed E-state index contributed by atoms with van der Waals surface area (Å²) in [6, 6.07) is 3.76. The van der Waals surface area contributed by atoms with Crippen LogP contribution in [0.15, 0.2) is 18.3 Å². The standard InChI is InChI=1S/C8H14N2O2S/c1-13(11,12)6-5-10-4-2-3-8(10)7-9/h2-4H,5-7,9H2,1H3. The van der Waals surface area contributed by atoms with Crippen LogP contribution in [0.2, 0.25) is 0 Å². The van der Waals surface area contributed by atoms with Gasteiger partial charge in [-0.05, 0) is 12.1 Å². The highest BCUT2D eigenvalue weighted by Crippen LogP contribution is 2.01. The minimum absolute atomic E-state index is 0.161. The predicted molar refractivity (Wildman–Crippen MR) is 52.0 cm³/mol. The summed E-state index contributed by atoms with van der Waals surface area (Å²) in [7, 11) is -2.89. The van der Waals surface area contributed by atoms with Crippen molar-refractivity contribution >= 4 is 9.84 Å². The van der Waals surface area contributed by atoms with Gasteiger partial charge in [0.1, 0.15) is 9.84 Å². The van der Waals surface area contributed by atoms with Crippen molar-refractivity contribution in [2.45, 2.75) is 13.1 Å². The Morgan fingerprint density at radius 2 is 2.23 bits per heavy atom. The molecule has 1 aromatic heterocycles. The zero-order valence-electron chi connectivity index (χ0n) is 7.60. The van der Waals surface area contributed by atoms with Crippen LogP contribution < -0.4 is 5.73 Å². The average molecular weight is 202 g/mol. The van der Waals surface area contributed by atoms with Gasteiger partial charge in [-0.15, -0.1) is 0 Å². The maximum atomic E-state index is 10.9. The van der Waals surface area contributed by atoms with Crippen molar-refractivity contribution in [2.24, 2.45) is 5.73 Å². The number of aryl methyl sites for hydroxylation is 1. The first-order chi connectivity index (χ1) is 6.03. The highest BCUT2D eigenvalue weighted by atomic mass is 32.2. The minimum atomic E-state index is -2.89. The van der Waals surface area contributed by atoms with Gasteiger partial charge in [0.2, 0.25) is 0 Å². The normalized spacial score (nSPS) is 11.8. The number of aromatic nitrogens is 1. The quantitative estimate of drug-likeness (QED) is 0.747. The van der Waals surface area contributed by atoms with Gasteiger partial charge in [-0.25, -0.2) is 8.42 Å². The van der Waals surface area contributed by atoms with Crippen molar-refractivity contribution in [1.29, 1.82) is 0 Å². The second-order valence-corrected chi connectivity index (χ2v) is 5.29. The molecular weight excluding hydrogens is 188 g/mol. The lowest BCUT2D eigenvalue weighted by molar-refractivity contribution is 0.593. The smallest absolute Gasteiger partial charge is 0.149 e. The molecule has 0 unspecified atom stereocenters. The van der Waals surface area contributed by atoms with E-state index < -0.39 is 9.84 Å². The largest absolute Gasteiger partial charge is 0.349 e. The van der Waals surface area contributed by atoms with Crippen molar-refractivity contribution in [2.75, 3.05) is 12.0 Å². The molecule has 13 heavy (non-hydrogen) atoms. The van der Waals surface area contributed by atoms with Crippen LogP contribution in [-0.2, 0) is 22.9 Å². The summed E-state index contributed by atoms with van der Waals surface area (Å²) in [6.07, 6.45) is 3.08. The average Bonchev–Trinajstić information content (AvgIpc) is 2.46. The summed E-state index contributed by atoms with van der Waals surface area (Å²) in [6.45, 7) is 0.926. The van der Waals surface area contributed by atoms with E-state index in [0.29, 0.717) is 13.1 Å². The molecule has 0 bridgehead atoms. The van der Waals surface area contributed by atoms with Gasteiger partial charge in [0.25, 0.3) is 0 Å². The summed E-state index contributed by atoms with van der Waals surface area (Å²) in [5.74, 6) is 0.161. The predicted octanol–water partition coefficient (Wildman–Crippen LogP) is -0.00860. The van der Waals surface area contributed by atoms with Gasteiger partial charge in [0.05, 0.1) is 5.75 Å². The van der Waals surface area contributed by atoms with Crippen LogP contribution in [0.25, 0.3) is 0 Å². The Bertz CT molecular complexity index is 367. The van der Waals surface area contributed by atoms with E-state index in [2.05, 4.69) is 0 Å². The first-order valence-corrected chi connectivity index (χ1v) is 6.11. The van der Waals surface area contributed by atoms with E-state index in [4.69, 9.17) is 5.73 Å². The summed E-state index contributed by atoms with van der Waals surface area (Å²) < 4.78 is 23.6. The van der Waals surface area contributed by atoms with Gasteiger partial charge >= 0.3 is 0 Å². The van der Waals surface area contributed by atoms with E-state index in [1.807, 2.05) is 22.9 Å². The van der Waals surface area contributed by atoms with E-state index in [9.17, 15) is 8.42 Å². The molecule has 0 amide bonds. The fourth-order valence-corrected chi connectivity index (χ4v) is 1.65. The van der Waals surface area contributed by atoms with Crippen LogP contribution in [0.1, 0.15) is 5.69 Å². The summed E-state index contributed by atoms with van der Waals surface area (Å²) in [4.78, 5) is 0. The molecule has 0 aliphatic rings. The number of nitrogens with zero attached hydrogens (tertiary/aromatic N) is 1. The molecule has 0 atom stereocenters. The van der Waals surface area contributed by atoms with Gasteiger partial charge in [0, 0.05) is 31.2 Å². The molecule has 5 heteroatoms. The minimum Gasteiger partial charge on any atom is -0.349 e.